The SMILES string of the molecule is CCCN(CCN(C)C)c1cc(CO)c(Cl)cn1. The molecule has 0 bridgehead atoms. The molecule has 0 amide bonds. The van der Waals surface area contributed by atoms with Gasteiger partial charge in [0.15, 0.2) is 0 Å². The Balaban J connectivity index is 2.83. The number of rotatable bonds is 7. The van der Waals surface area contributed by atoms with Crippen LogP contribution in [0.2, 0.25) is 5.02 Å². The molecule has 0 aromatic carbocycles. The molecule has 1 aromatic rings. The first-order valence-corrected chi connectivity index (χ1v) is 6.61. The van der Waals surface area contributed by atoms with Crippen LogP contribution in [0.3, 0.4) is 0 Å². The van der Waals surface area contributed by atoms with Crippen LogP contribution in [-0.2, 0) is 6.61 Å². The van der Waals surface area contributed by atoms with Crippen molar-refractivity contribution in [3.63, 3.8) is 0 Å². The van der Waals surface area contributed by atoms with Gasteiger partial charge in [0.1, 0.15) is 5.82 Å². The molecule has 5 heteroatoms. The van der Waals surface area contributed by atoms with Crippen molar-refractivity contribution in [2.75, 3.05) is 38.6 Å². The van der Waals surface area contributed by atoms with E-state index in [2.05, 4.69) is 35.8 Å². The van der Waals surface area contributed by atoms with Crippen molar-refractivity contribution in [2.24, 2.45) is 0 Å². The molecule has 1 N–H and O–H groups in total. The molecule has 0 radical (unpaired) electrons. The smallest absolute Gasteiger partial charge is 0.128 e. The maximum atomic E-state index is 9.23. The number of aliphatic hydroxyl groups excluding tert-OH is 1. The van der Waals surface area contributed by atoms with Gasteiger partial charge in [-0.25, -0.2) is 4.98 Å². The van der Waals surface area contributed by atoms with Crippen molar-refractivity contribution in [3.8, 4) is 0 Å². The molecule has 0 aliphatic carbocycles. The van der Waals surface area contributed by atoms with E-state index in [1.165, 1.54) is 0 Å². The van der Waals surface area contributed by atoms with E-state index in [0.717, 1.165) is 37.4 Å². The number of hydrogen-bond acceptors (Lipinski definition) is 4. The Morgan fingerprint density at radius 2 is 2.00 bits per heavy atom. The predicted octanol–water partition coefficient (Wildman–Crippen LogP) is 2.01. The van der Waals surface area contributed by atoms with Gasteiger partial charge in [-0.2, -0.15) is 0 Å². The van der Waals surface area contributed by atoms with E-state index < -0.39 is 0 Å². The van der Waals surface area contributed by atoms with E-state index in [1.54, 1.807) is 6.20 Å². The van der Waals surface area contributed by atoms with E-state index >= 15 is 0 Å². The molecule has 0 fully saturated rings. The number of aliphatic hydroxyl groups is 1. The van der Waals surface area contributed by atoms with Crippen LogP contribution in [0.4, 0.5) is 5.82 Å². The van der Waals surface area contributed by atoms with Gasteiger partial charge >= 0.3 is 0 Å². The average molecular weight is 272 g/mol. The molecule has 0 saturated carbocycles. The monoisotopic (exact) mass is 271 g/mol. The summed E-state index contributed by atoms with van der Waals surface area (Å²) in [4.78, 5) is 8.71. The Bertz CT molecular complexity index is 371. The summed E-state index contributed by atoms with van der Waals surface area (Å²) in [7, 11) is 4.11. The molecular weight excluding hydrogens is 250 g/mol. The molecule has 0 aliphatic rings. The minimum absolute atomic E-state index is 0.0536. The van der Waals surface area contributed by atoms with Gasteiger partial charge in [-0.15, -0.1) is 0 Å². The van der Waals surface area contributed by atoms with Crippen LogP contribution in [0, 0.1) is 0 Å². The van der Waals surface area contributed by atoms with Crippen molar-refractivity contribution >= 4 is 17.4 Å². The molecule has 1 aromatic heterocycles. The highest BCUT2D eigenvalue weighted by Gasteiger charge is 2.10. The fourth-order valence-electron chi connectivity index (χ4n) is 1.69. The van der Waals surface area contributed by atoms with Crippen LogP contribution < -0.4 is 4.90 Å². The molecule has 0 atom stereocenters. The highest BCUT2D eigenvalue weighted by Crippen LogP contribution is 2.20. The summed E-state index contributed by atoms with van der Waals surface area (Å²) in [6.07, 6.45) is 2.67. The predicted molar refractivity (Wildman–Crippen MR) is 76.2 cm³/mol. The molecule has 4 nitrogen and oxygen atoms in total. The Labute approximate surface area is 114 Å². The maximum Gasteiger partial charge on any atom is 0.128 e. The Hall–Kier alpha value is -0.840. The highest BCUT2D eigenvalue weighted by molar-refractivity contribution is 6.31. The minimum Gasteiger partial charge on any atom is -0.392 e. The summed E-state index contributed by atoms with van der Waals surface area (Å²) in [6, 6.07) is 1.87. The molecule has 0 spiro atoms. The second-order valence-corrected chi connectivity index (χ2v) is 4.99. The summed E-state index contributed by atoms with van der Waals surface area (Å²) >= 11 is 5.96. The molecule has 0 saturated heterocycles. The Morgan fingerprint density at radius 1 is 1.28 bits per heavy atom. The highest BCUT2D eigenvalue weighted by atomic mass is 35.5. The van der Waals surface area contributed by atoms with Gasteiger partial charge in [0, 0.05) is 31.4 Å². The van der Waals surface area contributed by atoms with Crippen LogP contribution in [-0.4, -0.2) is 48.7 Å². The molecule has 0 unspecified atom stereocenters. The summed E-state index contributed by atoms with van der Waals surface area (Å²) in [5.74, 6) is 0.882. The fraction of sp³-hybridized carbons (Fsp3) is 0.615. The normalized spacial score (nSPS) is 11.0. The van der Waals surface area contributed by atoms with Crippen LogP contribution in [0.5, 0.6) is 0 Å². The largest absolute Gasteiger partial charge is 0.392 e. The van der Waals surface area contributed by atoms with Crippen LogP contribution in [0.1, 0.15) is 18.9 Å². The van der Waals surface area contributed by atoms with Gasteiger partial charge in [-0.3, -0.25) is 0 Å². The van der Waals surface area contributed by atoms with Gasteiger partial charge in [0.2, 0.25) is 0 Å². The molecule has 1 rings (SSSR count). The number of likely N-dealkylation sites (N-methyl/N-ethyl adjacent to an activating group) is 1. The van der Waals surface area contributed by atoms with Crippen LogP contribution in [0.15, 0.2) is 12.3 Å². The molecular formula is C13H22ClN3O. The van der Waals surface area contributed by atoms with Crippen molar-refractivity contribution in [2.45, 2.75) is 20.0 Å². The van der Waals surface area contributed by atoms with E-state index in [9.17, 15) is 5.11 Å². The van der Waals surface area contributed by atoms with Gasteiger partial charge in [0.25, 0.3) is 0 Å². The number of nitrogens with zero attached hydrogens (tertiary/aromatic N) is 3. The molecule has 1 heterocycles. The summed E-state index contributed by atoms with van der Waals surface area (Å²) in [5, 5.41) is 9.75. The van der Waals surface area contributed by atoms with Crippen molar-refractivity contribution in [3.05, 3.63) is 22.8 Å². The maximum absolute atomic E-state index is 9.23. The number of anilines is 1. The zero-order valence-electron chi connectivity index (χ0n) is 11.4. The summed E-state index contributed by atoms with van der Waals surface area (Å²) < 4.78 is 0. The third-order valence-electron chi connectivity index (χ3n) is 2.73. The van der Waals surface area contributed by atoms with Gasteiger partial charge in [-0.05, 0) is 26.6 Å². The summed E-state index contributed by atoms with van der Waals surface area (Å²) in [6.45, 7) is 4.93. The number of halogens is 1. The second-order valence-electron chi connectivity index (χ2n) is 4.58. The van der Waals surface area contributed by atoms with Gasteiger partial charge < -0.3 is 14.9 Å². The fourth-order valence-corrected chi connectivity index (χ4v) is 1.86. The van der Waals surface area contributed by atoms with Crippen molar-refractivity contribution in [1.82, 2.24) is 9.88 Å². The first kappa shape index (κ1) is 15.2. The van der Waals surface area contributed by atoms with E-state index in [-0.39, 0.29) is 6.61 Å². The first-order chi connectivity index (χ1) is 8.58. The summed E-state index contributed by atoms with van der Waals surface area (Å²) in [5.41, 5.74) is 0.729. The standard InChI is InChI=1S/C13H22ClN3O/c1-4-5-17(7-6-16(2)3)13-8-11(10-18)12(14)9-15-13/h8-9,18H,4-7,10H2,1-3H3. The van der Waals surface area contributed by atoms with E-state index in [4.69, 9.17) is 11.6 Å². The quantitative estimate of drug-likeness (QED) is 0.824. The number of hydrogen-bond donors (Lipinski definition) is 1. The lowest BCUT2D eigenvalue weighted by atomic mass is 10.2. The zero-order valence-corrected chi connectivity index (χ0v) is 12.1. The second kappa shape index (κ2) is 7.56. The van der Waals surface area contributed by atoms with E-state index in [0.29, 0.717) is 5.02 Å². The molecule has 18 heavy (non-hydrogen) atoms. The lowest BCUT2D eigenvalue weighted by Crippen LogP contribution is -2.33. The van der Waals surface area contributed by atoms with E-state index in [1.807, 2.05) is 6.07 Å². The van der Waals surface area contributed by atoms with Gasteiger partial charge in [0.05, 0.1) is 11.6 Å². The number of pyridine rings is 1. The lowest BCUT2D eigenvalue weighted by Gasteiger charge is -2.25. The van der Waals surface area contributed by atoms with Crippen molar-refractivity contribution in [1.29, 1.82) is 0 Å². The molecule has 102 valence electrons. The molecule has 0 aliphatic heterocycles. The third-order valence-corrected chi connectivity index (χ3v) is 3.07. The average Bonchev–Trinajstić information content (AvgIpc) is 2.35. The third kappa shape index (κ3) is 4.44. The van der Waals surface area contributed by atoms with Crippen LogP contribution >= 0.6 is 11.6 Å². The van der Waals surface area contributed by atoms with Gasteiger partial charge in [-0.1, -0.05) is 18.5 Å². The zero-order chi connectivity index (χ0) is 13.5. The van der Waals surface area contributed by atoms with Crippen molar-refractivity contribution < 1.29 is 5.11 Å². The van der Waals surface area contributed by atoms with Crippen LogP contribution in [0.25, 0.3) is 0 Å². The minimum atomic E-state index is -0.0536. The first-order valence-electron chi connectivity index (χ1n) is 6.23. The lowest BCUT2D eigenvalue weighted by molar-refractivity contribution is 0.282. The Morgan fingerprint density at radius 3 is 2.56 bits per heavy atom. The Kier molecular flexibility index (Phi) is 6.39. The topological polar surface area (TPSA) is 39.6 Å². The number of aromatic nitrogens is 1.